The van der Waals surface area contributed by atoms with Crippen molar-refractivity contribution >= 4 is 11.8 Å². The first kappa shape index (κ1) is 18.8. The zero-order valence-electron chi connectivity index (χ0n) is 17.4. The molecule has 4 aliphatic heterocycles. The van der Waals surface area contributed by atoms with E-state index in [-0.39, 0.29) is 23.8 Å². The lowest BCUT2D eigenvalue weighted by molar-refractivity contribution is -0.144. The van der Waals surface area contributed by atoms with Gasteiger partial charge in [-0.3, -0.25) is 9.59 Å². The van der Waals surface area contributed by atoms with Gasteiger partial charge < -0.3 is 19.4 Å². The first-order valence-electron chi connectivity index (χ1n) is 10.6. The van der Waals surface area contributed by atoms with Crippen LogP contribution in [0.4, 0.5) is 0 Å². The fourth-order valence-corrected chi connectivity index (χ4v) is 5.35. The van der Waals surface area contributed by atoms with Crippen LogP contribution >= 0.6 is 0 Å². The van der Waals surface area contributed by atoms with Crippen LogP contribution < -0.4 is 0 Å². The van der Waals surface area contributed by atoms with Crippen LogP contribution in [-0.4, -0.2) is 78.0 Å². The summed E-state index contributed by atoms with van der Waals surface area (Å²) in [6, 6.07) is 6.34. The quantitative estimate of drug-likeness (QED) is 0.726. The summed E-state index contributed by atoms with van der Waals surface area (Å²) in [7, 11) is 2.07. The summed E-state index contributed by atoms with van der Waals surface area (Å²) in [6.45, 7) is 8.49. The van der Waals surface area contributed by atoms with Crippen molar-refractivity contribution in [1.29, 1.82) is 0 Å². The van der Waals surface area contributed by atoms with Gasteiger partial charge in [-0.15, -0.1) is 0 Å². The number of likely N-dealkylation sites (tertiary alicyclic amines) is 1. The maximum atomic E-state index is 13.4. The Kier molecular flexibility index (Phi) is 4.33. The number of benzene rings is 1. The first-order chi connectivity index (χ1) is 13.9. The standard InChI is InChI=1S/C23H29N3O3/c1-15-4-5-17(12-16(15)2)13-26-14-23-7-6-18(29-23)19(20(23)22(26)28)21(27)25-10-8-24(3)9-11-25/h4-7,12,18-20H,8-11,13-14H2,1-3H3/t18-,19?,20?,23-/m1/s1. The van der Waals surface area contributed by atoms with Crippen LogP contribution in [0.3, 0.4) is 0 Å². The predicted octanol–water partition coefficient (Wildman–Crippen LogP) is 1.36. The molecule has 0 radical (unpaired) electrons. The Morgan fingerprint density at radius 2 is 1.93 bits per heavy atom. The van der Waals surface area contributed by atoms with Crippen molar-refractivity contribution in [3.63, 3.8) is 0 Å². The van der Waals surface area contributed by atoms with E-state index < -0.39 is 11.5 Å². The number of piperazine rings is 1. The number of aryl methyl sites for hydroxylation is 2. The third-order valence-electron chi connectivity index (χ3n) is 7.22. The van der Waals surface area contributed by atoms with Gasteiger partial charge in [0.05, 0.1) is 24.5 Å². The molecule has 5 rings (SSSR count). The molecular weight excluding hydrogens is 366 g/mol. The topological polar surface area (TPSA) is 53.1 Å². The Hall–Kier alpha value is -2.18. The minimum Gasteiger partial charge on any atom is -0.360 e. The maximum Gasteiger partial charge on any atom is 0.230 e. The fourth-order valence-electron chi connectivity index (χ4n) is 5.35. The number of amides is 2. The molecule has 1 aromatic rings. The van der Waals surface area contributed by atoms with E-state index >= 15 is 0 Å². The van der Waals surface area contributed by atoms with E-state index in [2.05, 4.69) is 44.0 Å². The summed E-state index contributed by atoms with van der Waals surface area (Å²) in [5.41, 5.74) is 2.97. The highest BCUT2D eigenvalue weighted by Gasteiger charge is 2.67. The zero-order valence-corrected chi connectivity index (χ0v) is 17.4. The van der Waals surface area contributed by atoms with Crippen LogP contribution in [0.25, 0.3) is 0 Å². The van der Waals surface area contributed by atoms with E-state index in [9.17, 15) is 9.59 Å². The third kappa shape index (κ3) is 2.92. The molecule has 1 aromatic carbocycles. The molecule has 6 heteroatoms. The van der Waals surface area contributed by atoms with E-state index in [1.807, 2.05) is 22.0 Å². The summed E-state index contributed by atoms with van der Waals surface area (Å²) in [6.07, 6.45) is 3.77. The number of likely N-dealkylation sites (N-methyl/N-ethyl adjacent to an activating group) is 1. The molecule has 2 unspecified atom stereocenters. The summed E-state index contributed by atoms with van der Waals surface area (Å²) in [5.74, 6) is -0.639. The minimum absolute atomic E-state index is 0.0579. The largest absolute Gasteiger partial charge is 0.360 e. The Balaban J connectivity index is 1.37. The summed E-state index contributed by atoms with van der Waals surface area (Å²) < 4.78 is 6.28. The minimum atomic E-state index is -0.631. The number of carbonyl (C=O) groups is 2. The molecule has 4 atom stereocenters. The van der Waals surface area contributed by atoms with E-state index in [1.54, 1.807) is 0 Å². The second-order valence-corrected chi connectivity index (χ2v) is 9.14. The molecule has 154 valence electrons. The lowest BCUT2D eigenvalue weighted by atomic mass is 9.76. The van der Waals surface area contributed by atoms with Crippen molar-refractivity contribution in [2.45, 2.75) is 32.1 Å². The molecule has 4 aliphatic rings. The van der Waals surface area contributed by atoms with Crippen LogP contribution in [0.2, 0.25) is 0 Å². The van der Waals surface area contributed by atoms with Crippen LogP contribution in [0.15, 0.2) is 30.4 Å². The van der Waals surface area contributed by atoms with Gasteiger partial charge in [-0.2, -0.15) is 0 Å². The molecule has 0 N–H and O–H groups in total. The highest BCUT2D eigenvalue weighted by atomic mass is 16.5. The summed E-state index contributed by atoms with van der Waals surface area (Å²) in [5, 5.41) is 0. The Bertz CT molecular complexity index is 889. The molecule has 6 nitrogen and oxygen atoms in total. The van der Waals surface area contributed by atoms with Crippen molar-refractivity contribution in [3.8, 4) is 0 Å². The normalized spacial score (nSPS) is 33.6. The third-order valence-corrected chi connectivity index (χ3v) is 7.22. The van der Waals surface area contributed by atoms with Gasteiger partial charge in [-0.05, 0) is 37.6 Å². The van der Waals surface area contributed by atoms with Crippen molar-refractivity contribution in [2.75, 3.05) is 39.8 Å². The monoisotopic (exact) mass is 395 g/mol. The van der Waals surface area contributed by atoms with E-state index in [1.165, 1.54) is 11.1 Å². The van der Waals surface area contributed by atoms with Gasteiger partial charge in [-0.1, -0.05) is 30.4 Å². The fraction of sp³-hybridized carbons (Fsp3) is 0.565. The van der Waals surface area contributed by atoms with Crippen LogP contribution in [0.5, 0.6) is 0 Å². The zero-order chi connectivity index (χ0) is 20.3. The molecular formula is C23H29N3O3. The lowest BCUT2D eigenvalue weighted by Gasteiger charge is -2.35. The molecule has 4 heterocycles. The van der Waals surface area contributed by atoms with Gasteiger partial charge in [0.25, 0.3) is 0 Å². The lowest BCUT2D eigenvalue weighted by Crippen LogP contribution is -2.52. The van der Waals surface area contributed by atoms with Gasteiger partial charge in [0.1, 0.15) is 5.60 Å². The number of hydrogen-bond acceptors (Lipinski definition) is 4. The van der Waals surface area contributed by atoms with Crippen molar-refractivity contribution in [2.24, 2.45) is 11.8 Å². The van der Waals surface area contributed by atoms with Gasteiger partial charge in [-0.25, -0.2) is 0 Å². The van der Waals surface area contributed by atoms with Crippen LogP contribution in [0.1, 0.15) is 16.7 Å². The van der Waals surface area contributed by atoms with Crippen molar-refractivity contribution in [1.82, 2.24) is 14.7 Å². The Labute approximate surface area is 172 Å². The second-order valence-electron chi connectivity index (χ2n) is 9.14. The molecule has 3 saturated heterocycles. The number of fused-ring (bicyclic) bond motifs is 1. The van der Waals surface area contributed by atoms with Crippen molar-refractivity contribution < 1.29 is 14.3 Å². The van der Waals surface area contributed by atoms with E-state index in [4.69, 9.17) is 4.74 Å². The number of hydrogen-bond donors (Lipinski definition) is 0. The smallest absolute Gasteiger partial charge is 0.230 e. The van der Waals surface area contributed by atoms with E-state index in [0.717, 1.165) is 31.7 Å². The average Bonchev–Trinajstić information content (AvgIpc) is 3.33. The first-order valence-corrected chi connectivity index (χ1v) is 10.6. The number of nitrogens with zero attached hydrogens (tertiary/aromatic N) is 3. The molecule has 0 aliphatic carbocycles. The summed E-state index contributed by atoms with van der Waals surface area (Å²) >= 11 is 0. The Morgan fingerprint density at radius 1 is 1.17 bits per heavy atom. The number of rotatable bonds is 3. The molecule has 0 aromatic heterocycles. The molecule has 3 fully saturated rings. The molecule has 29 heavy (non-hydrogen) atoms. The van der Waals surface area contributed by atoms with Gasteiger partial charge in [0, 0.05) is 32.7 Å². The Morgan fingerprint density at radius 3 is 2.66 bits per heavy atom. The number of ether oxygens (including phenoxy) is 1. The SMILES string of the molecule is Cc1ccc(CN2C[C@@]34C=C[C@@H](O3)C(C(=O)N3CCN(C)CC3)C4C2=O)cc1C. The average molecular weight is 396 g/mol. The molecule has 2 amide bonds. The highest BCUT2D eigenvalue weighted by Crippen LogP contribution is 2.52. The predicted molar refractivity (Wildman–Crippen MR) is 109 cm³/mol. The second kappa shape index (κ2) is 6.67. The number of carbonyl (C=O) groups excluding carboxylic acids is 2. The van der Waals surface area contributed by atoms with Gasteiger partial charge >= 0.3 is 0 Å². The molecule has 2 bridgehead atoms. The molecule has 1 spiro atoms. The van der Waals surface area contributed by atoms with Crippen LogP contribution in [-0.2, 0) is 20.9 Å². The van der Waals surface area contributed by atoms with Gasteiger partial charge in [0.15, 0.2) is 0 Å². The van der Waals surface area contributed by atoms with Gasteiger partial charge in [0.2, 0.25) is 11.8 Å². The highest BCUT2D eigenvalue weighted by molar-refractivity contribution is 5.93. The van der Waals surface area contributed by atoms with E-state index in [0.29, 0.717) is 13.1 Å². The summed E-state index contributed by atoms with van der Waals surface area (Å²) in [4.78, 5) is 32.8. The van der Waals surface area contributed by atoms with Crippen LogP contribution in [0, 0.1) is 25.7 Å². The maximum absolute atomic E-state index is 13.4. The van der Waals surface area contributed by atoms with Crippen molar-refractivity contribution in [3.05, 3.63) is 47.0 Å². The molecule has 0 saturated carbocycles.